The highest BCUT2D eigenvalue weighted by molar-refractivity contribution is 6.19. The Morgan fingerprint density at radius 3 is 2.69 bits per heavy atom. The van der Waals surface area contributed by atoms with E-state index >= 15 is 0 Å². The standard InChI is InChI=1S/C10H14BO2/c1-8(2)9-3-6-7(13-11-12-6)10(8,4-9)5-9/h6-7H,3-5H2,1-2H3/t6-,7-,9?,10?/m1/s1. The van der Waals surface area contributed by atoms with Crippen LogP contribution in [0.1, 0.15) is 33.1 Å². The lowest BCUT2D eigenvalue weighted by atomic mass is 9.17. The Morgan fingerprint density at radius 2 is 2.00 bits per heavy atom. The van der Waals surface area contributed by atoms with Crippen molar-refractivity contribution < 1.29 is 9.31 Å². The summed E-state index contributed by atoms with van der Waals surface area (Å²) in [4.78, 5) is 0. The molecule has 2 bridgehead atoms. The van der Waals surface area contributed by atoms with E-state index in [-0.39, 0.29) is 0 Å². The van der Waals surface area contributed by atoms with Gasteiger partial charge in [0.1, 0.15) is 0 Å². The molecule has 7 aliphatic rings. The maximum absolute atomic E-state index is 5.63. The van der Waals surface area contributed by atoms with Crippen molar-refractivity contribution >= 4 is 7.69 Å². The van der Waals surface area contributed by atoms with Gasteiger partial charge in [0.25, 0.3) is 0 Å². The van der Waals surface area contributed by atoms with Crippen LogP contribution < -0.4 is 0 Å². The number of hydrogen-bond donors (Lipinski definition) is 0. The van der Waals surface area contributed by atoms with E-state index in [2.05, 4.69) is 13.8 Å². The van der Waals surface area contributed by atoms with Gasteiger partial charge in [0.15, 0.2) is 0 Å². The van der Waals surface area contributed by atoms with Crippen molar-refractivity contribution in [2.75, 3.05) is 0 Å². The molecule has 7 rings (SSSR count). The molecule has 0 unspecified atom stereocenters. The van der Waals surface area contributed by atoms with Crippen molar-refractivity contribution in [1.82, 2.24) is 0 Å². The molecule has 2 atom stereocenters. The van der Waals surface area contributed by atoms with Gasteiger partial charge in [-0.05, 0) is 30.1 Å². The van der Waals surface area contributed by atoms with Crippen molar-refractivity contribution in [2.24, 2.45) is 16.2 Å². The van der Waals surface area contributed by atoms with Crippen molar-refractivity contribution in [3.8, 4) is 0 Å². The van der Waals surface area contributed by atoms with E-state index in [1.54, 1.807) is 7.69 Å². The van der Waals surface area contributed by atoms with Crippen LogP contribution in [0.5, 0.6) is 0 Å². The first-order chi connectivity index (χ1) is 6.11. The van der Waals surface area contributed by atoms with Crippen LogP contribution in [0.15, 0.2) is 0 Å². The summed E-state index contributed by atoms with van der Waals surface area (Å²) in [6.45, 7) is 4.83. The first-order valence-corrected chi connectivity index (χ1v) is 5.24. The van der Waals surface area contributed by atoms with Crippen LogP contribution in [0.25, 0.3) is 0 Å². The second kappa shape index (κ2) is 1.61. The third-order valence-corrected chi connectivity index (χ3v) is 5.78. The Hall–Kier alpha value is -0.0151. The molecule has 2 nitrogen and oxygen atoms in total. The monoisotopic (exact) mass is 177 g/mol. The van der Waals surface area contributed by atoms with E-state index in [0.717, 1.165) is 0 Å². The number of rotatable bonds is 0. The molecule has 0 aromatic rings. The summed E-state index contributed by atoms with van der Waals surface area (Å²) in [5.41, 5.74) is 1.61. The molecule has 13 heavy (non-hydrogen) atoms. The van der Waals surface area contributed by atoms with Crippen LogP contribution in [0, 0.1) is 16.2 Å². The molecule has 0 aromatic carbocycles. The van der Waals surface area contributed by atoms with Gasteiger partial charge in [-0.2, -0.15) is 0 Å². The molecule has 7 fully saturated rings. The molecule has 0 N–H and O–H groups in total. The zero-order valence-corrected chi connectivity index (χ0v) is 8.17. The van der Waals surface area contributed by atoms with E-state index in [9.17, 15) is 0 Å². The molecule has 6 saturated carbocycles. The average Bonchev–Trinajstić information content (AvgIpc) is 2.49. The van der Waals surface area contributed by atoms with Crippen LogP contribution in [0.4, 0.5) is 0 Å². The van der Waals surface area contributed by atoms with Gasteiger partial charge in [0.05, 0.1) is 12.2 Å². The third-order valence-electron chi connectivity index (χ3n) is 5.78. The van der Waals surface area contributed by atoms with Gasteiger partial charge in [-0.1, -0.05) is 13.8 Å². The first kappa shape index (κ1) is 7.30. The van der Waals surface area contributed by atoms with Gasteiger partial charge in [-0.25, -0.2) is 0 Å². The average molecular weight is 177 g/mol. The van der Waals surface area contributed by atoms with Gasteiger partial charge in [0, 0.05) is 5.41 Å². The Balaban J connectivity index is 1.82. The molecular formula is C10H14BO2. The summed E-state index contributed by atoms with van der Waals surface area (Å²) in [5.74, 6) is 0. The molecule has 3 heteroatoms. The third kappa shape index (κ3) is 0.460. The summed E-state index contributed by atoms with van der Waals surface area (Å²) in [7, 11) is 1.58. The molecule has 0 aromatic heterocycles. The highest BCUT2D eigenvalue weighted by Gasteiger charge is 2.86. The van der Waals surface area contributed by atoms with Crippen molar-refractivity contribution in [1.29, 1.82) is 0 Å². The minimum Gasteiger partial charge on any atom is -0.408 e. The molecule has 6 aliphatic carbocycles. The molecule has 69 valence electrons. The van der Waals surface area contributed by atoms with Crippen molar-refractivity contribution in [3.63, 3.8) is 0 Å². The topological polar surface area (TPSA) is 18.5 Å². The fourth-order valence-corrected chi connectivity index (χ4v) is 4.66. The van der Waals surface area contributed by atoms with Crippen molar-refractivity contribution in [3.05, 3.63) is 0 Å². The van der Waals surface area contributed by atoms with Crippen LogP contribution in [0.3, 0.4) is 0 Å². The van der Waals surface area contributed by atoms with Crippen LogP contribution in [-0.2, 0) is 9.31 Å². The van der Waals surface area contributed by atoms with Gasteiger partial charge < -0.3 is 9.31 Å². The van der Waals surface area contributed by atoms with Crippen LogP contribution in [0.2, 0.25) is 0 Å². The predicted octanol–water partition coefficient (Wildman–Crippen LogP) is 1.51. The lowest BCUT2D eigenvalue weighted by Crippen LogP contribution is -2.84. The minimum absolute atomic E-state index is 0.373. The fraction of sp³-hybridized carbons (Fsp3) is 1.00. The molecule has 1 heterocycles. The smallest absolute Gasteiger partial charge is 0.408 e. The summed E-state index contributed by atoms with van der Waals surface area (Å²) < 4.78 is 11.1. The normalized spacial score (nSPS) is 64.5. The van der Waals surface area contributed by atoms with E-state index in [0.29, 0.717) is 28.5 Å². The highest BCUT2D eigenvalue weighted by Crippen LogP contribution is 2.90. The molecule has 1 aliphatic heterocycles. The second-order valence-electron chi connectivity index (χ2n) is 5.95. The summed E-state index contributed by atoms with van der Waals surface area (Å²) in [5, 5.41) is 0. The van der Waals surface area contributed by atoms with E-state index < -0.39 is 0 Å². The maximum Gasteiger partial charge on any atom is 0.488 e. The first-order valence-electron chi connectivity index (χ1n) is 5.24. The Kier molecular flexibility index (Phi) is 0.903. The minimum atomic E-state index is 0.373. The predicted molar refractivity (Wildman–Crippen MR) is 48.0 cm³/mol. The van der Waals surface area contributed by atoms with Crippen LogP contribution >= 0.6 is 0 Å². The zero-order chi connectivity index (χ0) is 8.90. The second-order valence-corrected chi connectivity index (χ2v) is 5.95. The van der Waals surface area contributed by atoms with Gasteiger partial charge in [-0.15, -0.1) is 0 Å². The SMILES string of the molecule is CC1(C)C23C[C@H]4O[B]O[C@H]4C1(C2)C3. The Labute approximate surface area is 79.3 Å². The fourth-order valence-electron chi connectivity index (χ4n) is 4.66. The molecule has 0 spiro atoms. The summed E-state index contributed by atoms with van der Waals surface area (Å²) in [6.07, 6.45) is 4.77. The lowest BCUT2D eigenvalue weighted by molar-refractivity contribution is -0.406. The van der Waals surface area contributed by atoms with E-state index in [1.807, 2.05) is 0 Å². The summed E-state index contributed by atoms with van der Waals surface area (Å²) >= 11 is 0. The largest absolute Gasteiger partial charge is 0.488 e. The quantitative estimate of drug-likeness (QED) is 0.522. The Bertz CT molecular complexity index is 293. The highest BCUT2D eigenvalue weighted by atomic mass is 16.6. The number of hydrogen-bond acceptors (Lipinski definition) is 2. The molecule has 1 radical (unpaired) electrons. The molecule has 0 amide bonds. The maximum atomic E-state index is 5.63. The van der Waals surface area contributed by atoms with Crippen molar-refractivity contribution in [2.45, 2.75) is 45.3 Å². The van der Waals surface area contributed by atoms with E-state index in [1.165, 1.54) is 19.3 Å². The van der Waals surface area contributed by atoms with Gasteiger partial charge in [0.2, 0.25) is 0 Å². The van der Waals surface area contributed by atoms with Crippen LogP contribution in [-0.4, -0.2) is 19.9 Å². The Morgan fingerprint density at radius 1 is 1.23 bits per heavy atom. The van der Waals surface area contributed by atoms with Gasteiger partial charge in [-0.3, -0.25) is 0 Å². The molecule has 1 saturated heterocycles. The summed E-state index contributed by atoms with van der Waals surface area (Å²) in [6, 6.07) is 0. The zero-order valence-electron chi connectivity index (χ0n) is 8.17. The lowest BCUT2D eigenvalue weighted by Gasteiger charge is -2.87. The molecular weight excluding hydrogens is 163 g/mol. The van der Waals surface area contributed by atoms with Gasteiger partial charge >= 0.3 is 7.69 Å². The van der Waals surface area contributed by atoms with E-state index in [4.69, 9.17) is 9.31 Å².